The number of aryl methyl sites for hydroxylation is 1. The third-order valence-corrected chi connectivity index (χ3v) is 2.53. The van der Waals surface area contributed by atoms with E-state index in [-0.39, 0.29) is 19.0 Å². The van der Waals surface area contributed by atoms with E-state index in [0.717, 1.165) is 9.88 Å². The molecule has 0 radical (unpaired) electrons. The van der Waals surface area contributed by atoms with Crippen LogP contribution in [0.15, 0.2) is 6.20 Å². The highest BCUT2D eigenvalue weighted by molar-refractivity contribution is 7.11. The van der Waals surface area contributed by atoms with Crippen molar-refractivity contribution in [3.63, 3.8) is 0 Å². The Balaban J connectivity index is 2.16. The molecular weight excluding hydrogens is 212 g/mol. The molecule has 6 heteroatoms. The Morgan fingerprint density at radius 3 is 3.13 bits per heavy atom. The van der Waals surface area contributed by atoms with Gasteiger partial charge in [0.25, 0.3) is 0 Å². The summed E-state index contributed by atoms with van der Waals surface area (Å²) in [5.74, 6) is -0.169. The van der Waals surface area contributed by atoms with E-state index in [9.17, 15) is 4.79 Å². The molecule has 0 unspecified atom stereocenters. The van der Waals surface area contributed by atoms with Crippen molar-refractivity contribution in [3.05, 3.63) is 16.1 Å². The molecule has 1 heterocycles. The summed E-state index contributed by atoms with van der Waals surface area (Å²) in [4.78, 5) is 16.3. The fourth-order valence-electron chi connectivity index (χ4n) is 0.987. The molecule has 0 aliphatic heterocycles. The highest BCUT2D eigenvalue weighted by Crippen LogP contribution is 2.10. The number of thiazole rings is 1. The fraction of sp³-hybridized carbons (Fsp3) is 0.444. The minimum Gasteiger partial charge on any atom is -0.342 e. The Morgan fingerprint density at radius 1 is 1.73 bits per heavy atom. The largest absolute Gasteiger partial charge is 0.342 e. The van der Waals surface area contributed by atoms with Gasteiger partial charge in [-0.05, 0) is 6.92 Å². The number of carbonyl (C=O) groups excluding carboxylic acids is 1. The molecule has 15 heavy (non-hydrogen) atoms. The Bertz CT molecular complexity index is 368. The quantitative estimate of drug-likeness (QED) is 0.699. The summed E-state index contributed by atoms with van der Waals surface area (Å²) in [6.45, 7) is 2.85. The Morgan fingerprint density at radius 2 is 2.53 bits per heavy atom. The van der Waals surface area contributed by atoms with Crippen LogP contribution in [-0.4, -0.2) is 24.0 Å². The summed E-state index contributed by atoms with van der Waals surface area (Å²) < 4.78 is 0. The maximum Gasteiger partial charge on any atom is 0.234 e. The average molecular weight is 224 g/mol. The normalized spacial score (nSPS) is 9.60. The van der Waals surface area contributed by atoms with Gasteiger partial charge in [-0.3, -0.25) is 4.79 Å². The molecule has 1 rings (SSSR count). The summed E-state index contributed by atoms with van der Waals surface area (Å²) in [6.07, 6.45) is 1.79. The third-order valence-electron chi connectivity index (χ3n) is 1.62. The van der Waals surface area contributed by atoms with Gasteiger partial charge in [0.2, 0.25) is 5.91 Å². The number of nitrogens with zero attached hydrogens (tertiary/aromatic N) is 2. The SMILES string of the molecule is Cc1ncc(CNCC(=O)NCC#N)s1. The number of hydrogen-bond donors (Lipinski definition) is 2. The van der Waals surface area contributed by atoms with E-state index in [1.165, 1.54) is 0 Å². The second-order valence-corrected chi connectivity index (χ2v) is 4.20. The van der Waals surface area contributed by atoms with Crippen LogP contribution < -0.4 is 10.6 Å². The molecule has 2 N–H and O–H groups in total. The fourth-order valence-corrected chi connectivity index (χ4v) is 1.75. The number of aromatic nitrogens is 1. The molecule has 5 nitrogen and oxygen atoms in total. The number of hydrogen-bond acceptors (Lipinski definition) is 5. The standard InChI is InChI=1S/C9H12N4OS/c1-7-13-5-8(15-7)4-11-6-9(14)12-3-2-10/h5,11H,3-4,6H2,1H3,(H,12,14). The van der Waals surface area contributed by atoms with E-state index < -0.39 is 0 Å². The van der Waals surface area contributed by atoms with Crippen LogP contribution in [0.1, 0.15) is 9.88 Å². The zero-order chi connectivity index (χ0) is 11.1. The van der Waals surface area contributed by atoms with Gasteiger partial charge < -0.3 is 10.6 Å². The zero-order valence-corrected chi connectivity index (χ0v) is 9.23. The van der Waals surface area contributed by atoms with Gasteiger partial charge in [0, 0.05) is 17.6 Å². The van der Waals surface area contributed by atoms with E-state index in [2.05, 4.69) is 15.6 Å². The van der Waals surface area contributed by atoms with Crippen LogP contribution in [0.3, 0.4) is 0 Å². The minimum atomic E-state index is -0.169. The Kier molecular flexibility index (Phi) is 4.74. The monoisotopic (exact) mass is 224 g/mol. The van der Waals surface area contributed by atoms with E-state index in [1.807, 2.05) is 13.0 Å². The van der Waals surface area contributed by atoms with Gasteiger partial charge in [0.05, 0.1) is 17.6 Å². The molecule has 0 aliphatic carbocycles. The molecule has 1 aromatic heterocycles. The first-order valence-corrected chi connectivity index (χ1v) is 5.29. The van der Waals surface area contributed by atoms with Gasteiger partial charge in [-0.1, -0.05) is 0 Å². The minimum absolute atomic E-state index is 0.0557. The average Bonchev–Trinajstić information content (AvgIpc) is 2.61. The van der Waals surface area contributed by atoms with Crippen LogP contribution in [-0.2, 0) is 11.3 Å². The maximum absolute atomic E-state index is 11.1. The van der Waals surface area contributed by atoms with Crippen molar-refractivity contribution in [2.45, 2.75) is 13.5 Å². The highest BCUT2D eigenvalue weighted by atomic mass is 32.1. The van der Waals surface area contributed by atoms with Crippen LogP contribution in [0.4, 0.5) is 0 Å². The van der Waals surface area contributed by atoms with Crippen LogP contribution in [0.25, 0.3) is 0 Å². The summed E-state index contributed by atoms with van der Waals surface area (Å²) in [5, 5.41) is 14.7. The van der Waals surface area contributed by atoms with Gasteiger partial charge in [-0.25, -0.2) is 4.98 Å². The molecule has 0 fully saturated rings. The van der Waals surface area contributed by atoms with Crippen molar-refractivity contribution in [1.29, 1.82) is 5.26 Å². The van der Waals surface area contributed by atoms with Crippen LogP contribution >= 0.6 is 11.3 Å². The lowest BCUT2D eigenvalue weighted by atomic mass is 10.5. The van der Waals surface area contributed by atoms with E-state index >= 15 is 0 Å². The van der Waals surface area contributed by atoms with Crippen molar-refractivity contribution >= 4 is 17.2 Å². The predicted molar refractivity (Wildman–Crippen MR) is 57.2 cm³/mol. The lowest BCUT2D eigenvalue weighted by Gasteiger charge is -2.01. The lowest BCUT2D eigenvalue weighted by molar-refractivity contribution is -0.120. The number of rotatable bonds is 5. The topological polar surface area (TPSA) is 77.8 Å². The van der Waals surface area contributed by atoms with Gasteiger partial charge in [0.1, 0.15) is 6.54 Å². The predicted octanol–water partition coefficient (Wildman–Crippen LogP) is 0.181. The molecule has 0 spiro atoms. The van der Waals surface area contributed by atoms with Crippen molar-refractivity contribution < 1.29 is 4.79 Å². The molecule has 0 saturated carbocycles. The van der Waals surface area contributed by atoms with Crippen LogP contribution in [0.5, 0.6) is 0 Å². The number of amides is 1. The second kappa shape index (κ2) is 6.11. The van der Waals surface area contributed by atoms with Crippen molar-refractivity contribution in [2.75, 3.05) is 13.1 Å². The lowest BCUT2D eigenvalue weighted by Crippen LogP contribution is -2.33. The number of nitrogens with one attached hydrogen (secondary N) is 2. The Hall–Kier alpha value is -1.45. The molecule has 0 bridgehead atoms. The summed E-state index contributed by atoms with van der Waals surface area (Å²) >= 11 is 1.60. The van der Waals surface area contributed by atoms with Crippen molar-refractivity contribution in [1.82, 2.24) is 15.6 Å². The van der Waals surface area contributed by atoms with E-state index in [4.69, 9.17) is 5.26 Å². The molecule has 80 valence electrons. The number of carbonyl (C=O) groups is 1. The first-order chi connectivity index (χ1) is 7.22. The maximum atomic E-state index is 11.1. The van der Waals surface area contributed by atoms with E-state index in [1.54, 1.807) is 17.5 Å². The first-order valence-electron chi connectivity index (χ1n) is 4.48. The van der Waals surface area contributed by atoms with Gasteiger partial charge in [-0.15, -0.1) is 11.3 Å². The van der Waals surface area contributed by atoms with Gasteiger partial charge in [0.15, 0.2) is 0 Å². The molecule has 0 aliphatic rings. The Labute approximate surface area is 92.1 Å². The first kappa shape index (κ1) is 11.6. The summed E-state index contributed by atoms with van der Waals surface area (Å²) in [5.41, 5.74) is 0. The van der Waals surface area contributed by atoms with Crippen LogP contribution in [0, 0.1) is 18.3 Å². The molecule has 0 saturated heterocycles. The molecule has 1 aromatic rings. The van der Waals surface area contributed by atoms with E-state index in [0.29, 0.717) is 6.54 Å². The van der Waals surface area contributed by atoms with Gasteiger partial charge >= 0.3 is 0 Å². The summed E-state index contributed by atoms with van der Waals surface area (Å²) in [7, 11) is 0. The summed E-state index contributed by atoms with van der Waals surface area (Å²) in [6, 6.07) is 1.84. The smallest absolute Gasteiger partial charge is 0.234 e. The molecule has 0 aromatic carbocycles. The van der Waals surface area contributed by atoms with Crippen molar-refractivity contribution in [3.8, 4) is 6.07 Å². The van der Waals surface area contributed by atoms with Gasteiger partial charge in [-0.2, -0.15) is 5.26 Å². The number of nitriles is 1. The highest BCUT2D eigenvalue weighted by Gasteiger charge is 2.01. The molecular formula is C9H12N4OS. The molecule has 1 amide bonds. The second-order valence-electron chi connectivity index (χ2n) is 2.88. The zero-order valence-electron chi connectivity index (χ0n) is 8.41. The van der Waals surface area contributed by atoms with Crippen molar-refractivity contribution in [2.24, 2.45) is 0 Å². The molecule has 0 atom stereocenters. The van der Waals surface area contributed by atoms with Crippen LogP contribution in [0.2, 0.25) is 0 Å². The third kappa shape index (κ3) is 4.54.